The summed E-state index contributed by atoms with van der Waals surface area (Å²) in [7, 11) is 1.61. The zero-order valence-corrected chi connectivity index (χ0v) is 10.9. The van der Waals surface area contributed by atoms with Crippen LogP contribution in [0, 0.1) is 17.1 Å². The Morgan fingerprint density at radius 2 is 2.39 bits per heavy atom. The Balaban J connectivity index is 2.43. The molecule has 1 fully saturated rings. The van der Waals surface area contributed by atoms with Gasteiger partial charge in [-0.1, -0.05) is 6.58 Å². The number of nitriles is 1. The molecule has 2 rings (SSSR count). The van der Waals surface area contributed by atoms with Crippen LogP contribution in [0.15, 0.2) is 17.8 Å². The van der Waals surface area contributed by atoms with Crippen LogP contribution in [0.3, 0.4) is 0 Å². The van der Waals surface area contributed by atoms with Crippen LogP contribution in [-0.2, 0) is 10.3 Å². The van der Waals surface area contributed by atoms with E-state index in [2.05, 4.69) is 11.9 Å². The van der Waals surface area contributed by atoms with Crippen molar-refractivity contribution in [2.24, 2.45) is 0 Å². The van der Waals surface area contributed by atoms with E-state index in [4.69, 9.17) is 5.26 Å². The molecule has 6 heteroatoms. The third-order valence-corrected chi connectivity index (χ3v) is 4.27. The summed E-state index contributed by atoms with van der Waals surface area (Å²) in [4.78, 5) is 13.6. The molecule has 1 aromatic heterocycles. The predicted molar refractivity (Wildman–Crippen MR) is 66.0 cm³/mol. The monoisotopic (exact) mass is 265 g/mol. The summed E-state index contributed by atoms with van der Waals surface area (Å²) >= 11 is 1.14. The van der Waals surface area contributed by atoms with E-state index in [0.717, 1.165) is 11.3 Å². The molecule has 94 valence electrons. The summed E-state index contributed by atoms with van der Waals surface area (Å²) in [5.41, 5.74) is -0.833. The first-order valence-corrected chi connectivity index (χ1v) is 6.18. The average Bonchev–Trinajstić information content (AvgIpc) is 2.68. The molecule has 1 aliphatic rings. The maximum Gasteiger partial charge on any atom is 0.230 e. The molecular formula is C12H12FN3OS. The van der Waals surface area contributed by atoms with Crippen molar-refractivity contribution < 1.29 is 9.18 Å². The summed E-state index contributed by atoms with van der Waals surface area (Å²) < 4.78 is 14.0. The molecule has 0 aliphatic carbocycles. The predicted octanol–water partition coefficient (Wildman–Crippen LogP) is 1.90. The van der Waals surface area contributed by atoms with Crippen molar-refractivity contribution in [3.63, 3.8) is 0 Å². The van der Waals surface area contributed by atoms with E-state index in [1.54, 1.807) is 20.0 Å². The number of amides is 1. The molecule has 1 atom stereocenters. The van der Waals surface area contributed by atoms with Gasteiger partial charge in [-0.05, 0) is 6.92 Å². The van der Waals surface area contributed by atoms with Crippen molar-refractivity contribution in [3.05, 3.63) is 34.0 Å². The normalized spacial score (nSPS) is 23.8. The van der Waals surface area contributed by atoms with Gasteiger partial charge in [0.25, 0.3) is 0 Å². The molecule has 1 aromatic rings. The smallest absolute Gasteiger partial charge is 0.230 e. The second kappa shape index (κ2) is 4.10. The van der Waals surface area contributed by atoms with Crippen LogP contribution < -0.4 is 5.32 Å². The molecule has 2 heterocycles. The highest BCUT2D eigenvalue weighted by Gasteiger charge is 2.40. The minimum atomic E-state index is -0.843. The lowest BCUT2D eigenvalue weighted by atomic mass is 9.92. The van der Waals surface area contributed by atoms with Crippen molar-refractivity contribution in [2.45, 2.75) is 18.9 Å². The minimum absolute atomic E-state index is 0.00927. The van der Waals surface area contributed by atoms with Crippen LogP contribution in [0.1, 0.15) is 23.8 Å². The van der Waals surface area contributed by atoms with Crippen molar-refractivity contribution in [3.8, 4) is 6.07 Å². The Morgan fingerprint density at radius 3 is 2.89 bits per heavy atom. The SMILES string of the molecule is C=C1N[C@](C)(c2scc(C#N)c2F)CC(=O)N1C. The van der Waals surface area contributed by atoms with E-state index in [1.807, 2.05) is 0 Å². The first-order valence-electron chi connectivity index (χ1n) is 5.30. The van der Waals surface area contributed by atoms with E-state index in [1.165, 1.54) is 10.3 Å². The zero-order chi connectivity index (χ0) is 13.5. The van der Waals surface area contributed by atoms with E-state index in [9.17, 15) is 9.18 Å². The molecule has 1 saturated heterocycles. The molecule has 1 amide bonds. The minimum Gasteiger partial charge on any atom is -0.361 e. The summed E-state index contributed by atoms with van der Waals surface area (Å²) in [6, 6.07) is 1.79. The molecule has 0 saturated carbocycles. The van der Waals surface area contributed by atoms with Gasteiger partial charge < -0.3 is 10.2 Å². The second-order valence-electron chi connectivity index (χ2n) is 4.44. The number of rotatable bonds is 1. The highest BCUT2D eigenvalue weighted by atomic mass is 32.1. The molecule has 0 spiro atoms. The molecule has 1 aliphatic heterocycles. The Labute approximate surface area is 108 Å². The third-order valence-electron chi connectivity index (χ3n) is 3.06. The van der Waals surface area contributed by atoms with Crippen LogP contribution in [0.5, 0.6) is 0 Å². The van der Waals surface area contributed by atoms with Crippen LogP contribution in [0.4, 0.5) is 4.39 Å². The first-order chi connectivity index (χ1) is 8.39. The topological polar surface area (TPSA) is 56.1 Å². The molecule has 18 heavy (non-hydrogen) atoms. The van der Waals surface area contributed by atoms with E-state index in [0.29, 0.717) is 10.7 Å². The number of nitrogens with zero attached hydrogens (tertiary/aromatic N) is 2. The molecule has 0 bridgehead atoms. The fraction of sp³-hybridized carbons (Fsp3) is 0.333. The molecule has 4 nitrogen and oxygen atoms in total. The number of halogens is 1. The summed E-state index contributed by atoms with van der Waals surface area (Å²) in [5.74, 6) is -0.254. The second-order valence-corrected chi connectivity index (χ2v) is 5.32. The summed E-state index contributed by atoms with van der Waals surface area (Å²) in [6.45, 7) is 5.47. The average molecular weight is 265 g/mol. The quantitative estimate of drug-likeness (QED) is 0.843. The lowest BCUT2D eigenvalue weighted by molar-refractivity contribution is -0.132. The maximum atomic E-state index is 14.0. The number of nitrogens with one attached hydrogen (secondary N) is 1. The fourth-order valence-electron chi connectivity index (χ4n) is 1.95. The van der Waals surface area contributed by atoms with Gasteiger partial charge in [-0.2, -0.15) is 5.26 Å². The van der Waals surface area contributed by atoms with Crippen LogP contribution in [0.25, 0.3) is 0 Å². The molecule has 1 N–H and O–H groups in total. The lowest BCUT2D eigenvalue weighted by Gasteiger charge is -2.39. The van der Waals surface area contributed by atoms with E-state index in [-0.39, 0.29) is 17.9 Å². The summed E-state index contributed by atoms with van der Waals surface area (Å²) in [6.07, 6.45) is 0.130. The molecule has 0 radical (unpaired) electrons. The van der Waals surface area contributed by atoms with Gasteiger partial charge in [-0.15, -0.1) is 11.3 Å². The van der Waals surface area contributed by atoms with Gasteiger partial charge in [-0.3, -0.25) is 4.79 Å². The van der Waals surface area contributed by atoms with Crippen LogP contribution in [-0.4, -0.2) is 17.9 Å². The lowest BCUT2D eigenvalue weighted by Crippen LogP contribution is -2.52. The zero-order valence-electron chi connectivity index (χ0n) is 10.1. The van der Waals surface area contributed by atoms with E-state index >= 15 is 0 Å². The first kappa shape index (κ1) is 12.6. The van der Waals surface area contributed by atoms with Gasteiger partial charge in [0.1, 0.15) is 11.9 Å². The Morgan fingerprint density at radius 1 is 1.72 bits per heavy atom. The molecular weight excluding hydrogens is 253 g/mol. The van der Waals surface area contributed by atoms with Gasteiger partial charge in [0, 0.05) is 12.4 Å². The highest BCUT2D eigenvalue weighted by molar-refractivity contribution is 7.10. The van der Waals surface area contributed by atoms with Crippen molar-refractivity contribution in [1.29, 1.82) is 5.26 Å². The third kappa shape index (κ3) is 1.77. The highest BCUT2D eigenvalue weighted by Crippen LogP contribution is 2.37. The van der Waals surface area contributed by atoms with Crippen molar-refractivity contribution >= 4 is 17.2 Å². The number of carbonyl (C=O) groups is 1. The van der Waals surface area contributed by atoms with Gasteiger partial charge in [0.2, 0.25) is 5.91 Å². The van der Waals surface area contributed by atoms with Crippen molar-refractivity contribution in [1.82, 2.24) is 10.2 Å². The fourth-order valence-corrected chi connectivity index (χ4v) is 2.94. The van der Waals surface area contributed by atoms with E-state index < -0.39 is 11.4 Å². The number of hydrogen-bond donors (Lipinski definition) is 1. The van der Waals surface area contributed by atoms with Crippen LogP contribution in [0.2, 0.25) is 0 Å². The number of thiophene rings is 1. The molecule has 0 unspecified atom stereocenters. The Hall–Kier alpha value is -1.87. The largest absolute Gasteiger partial charge is 0.361 e. The van der Waals surface area contributed by atoms with Crippen LogP contribution >= 0.6 is 11.3 Å². The van der Waals surface area contributed by atoms with Gasteiger partial charge in [-0.25, -0.2) is 4.39 Å². The Kier molecular flexibility index (Phi) is 2.87. The van der Waals surface area contributed by atoms with Crippen molar-refractivity contribution in [2.75, 3.05) is 7.05 Å². The maximum absolute atomic E-state index is 14.0. The summed E-state index contributed by atoms with van der Waals surface area (Å²) in [5, 5.41) is 13.3. The number of carbonyl (C=O) groups excluding carboxylic acids is 1. The number of hydrogen-bond acceptors (Lipinski definition) is 4. The molecule has 0 aromatic carbocycles. The van der Waals surface area contributed by atoms with Gasteiger partial charge in [0.15, 0.2) is 5.82 Å². The Bertz CT molecular complexity index is 554. The standard InChI is InChI=1S/C12H12FN3OS/c1-7-15-12(2,4-9(17)16(7)3)11-10(13)8(5-14)6-18-11/h6,15H,1,4H2,2-3H3/t12-/m0/s1. The van der Waals surface area contributed by atoms with Gasteiger partial charge >= 0.3 is 0 Å². The van der Waals surface area contributed by atoms with Gasteiger partial charge in [0.05, 0.1) is 22.4 Å².